The molecule has 0 amide bonds. The summed E-state index contributed by atoms with van der Waals surface area (Å²) in [5.74, 6) is 0. The third-order valence-corrected chi connectivity index (χ3v) is 0. The van der Waals surface area contributed by atoms with Gasteiger partial charge in [0.15, 0.2) is 0 Å². The maximum atomic E-state index is 7.56. The van der Waals surface area contributed by atoms with Crippen molar-refractivity contribution in [2.45, 2.75) is 40.5 Å². The minimum Gasteiger partial charge on any atom is -1.00 e. The molecule has 0 fully saturated rings. The van der Waals surface area contributed by atoms with E-state index in [1.165, 1.54) is 12.8 Å². The standard InChI is InChI=1S/2C3H8.K.2H3O3PS.H/c2*1-3-2;;2*1-4(2,3)5;/h2*3H2,1-2H3;;2*(H3,1,2,3,5);/q;;+1;;;-1. The van der Waals surface area contributed by atoms with E-state index in [-0.39, 0.29) is 52.8 Å². The fourth-order valence-corrected chi connectivity index (χ4v) is 0. The van der Waals surface area contributed by atoms with E-state index in [9.17, 15) is 0 Å². The maximum Gasteiger partial charge on any atom is 1.00 e. The SMILES string of the molecule is CCC.CCC.OP(O)(O)=S.OP(O)(O)=S.[H-].[K+]. The molecule has 0 aromatic carbocycles. The molecule has 106 valence electrons. The van der Waals surface area contributed by atoms with Gasteiger partial charge < -0.3 is 30.8 Å². The van der Waals surface area contributed by atoms with Crippen LogP contribution in [0.2, 0.25) is 0 Å². The molecule has 0 radical (unpaired) electrons. The monoisotopic (exact) mass is 356 g/mol. The molecule has 11 heteroatoms. The smallest absolute Gasteiger partial charge is 1.00 e. The molecule has 0 aliphatic heterocycles. The van der Waals surface area contributed by atoms with Crippen LogP contribution in [0.5, 0.6) is 0 Å². The zero-order chi connectivity index (χ0) is 14.4. The van der Waals surface area contributed by atoms with Gasteiger partial charge in [0.1, 0.15) is 0 Å². The van der Waals surface area contributed by atoms with Crippen molar-refractivity contribution >= 4 is 37.1 Å². The number of hydrogen-bond acceptors (Lipinski definition) is 2. The summed E-state index contributed by atoms with van der Waals surface area (Å²) in [4.78, 5) is 45.3. The first-order chi connectivity index (χ1) is 6.83. The van der Waals surface area contributed by atoms with Crippen LogP contribution in [0.25, 0.3) is 0 Å². The Morgan fingerprint density at radius 1 is 0.706 bits per heavy atom. The van der Waals surface area contributed by atoms with Crippen LogP contribution in [0.3, 0.4) is 0 Å². The molecule has 0 spiro atoms. The minimum atomic E-state index is -3.81. The summed E-state index contributed by atoms with van der Waals surface area (Å²) < 4.78 is 0. The van der Waals surface area contributed by atoms with Crippen LogP contribution >= 0.6 is 13.4 Å². The van der Waals surface area contributed by atoms with E-state index in [0.29, 0.717) is 0 Å². The second-order valence-electron chi connectivity index (χ2n) is 2.44. The molecule has 0 bridgehead atoms. The molecular weight excluding hydrogens is 333 g/mol. The van der Waals surface area contributed by atoms with Gasteiger partial charge in [-0.1, -0.05) is 40.5 Å². The van der Waals surface area contributed by atoms with Gasteiger partial charge in [0.2, 0.25) is 0 Å². The normalized spacial score (nSPS) is 9.06. The quantitative estimate of drug-likeness (QED) is 0.225. The van der Waals surface area contributed by atoms with Crippen molar-refractivity contribution in [2.75, 3.05) is 0 Å². The Balaban J connectivity index is -0.0000000265. The fraction of sp³-hybridized carbons (Fsp3) is 1.00. The van der Waals surface area contributed by atoms with Crippen LogP contribution in [-0.2, 0) is 23.6 Å². The van der Waals surface area contributed by atoms with Gasteiger partial charge in [0.05, 0.1) is 0 Å². The van der Waals surface area contributed by atoms with E-state index in [2.05, 4.69) is 51.3 Å². The van der Waals surface area contributed by atoms with Gasteiger partial charge in [-0.3, -0.25) is 0 Å². The van der Waals surface area contributed by atoms with E-state index in [4.69, 9.17) is 29.4 Å². The van der Waals surface area contributed by atoms with Crippen LogP contribution in [0, 0.1) is 0 Å². The van der Waals surface area contributed by atoms with E-state index in [1.807, 2.05) is 0 Å². The van der Waals surface area contributed by atoms with Crippen LogP contribution in [0.1, 0.15) is 42.0 Å². The van der Waals surface area contributed by atoms with Crippen LogP contribution in [0.15, 0.2) is 0 Å². The zero-order valence-corrected chi connectivity index (χ0v) is 17.4. The zero-order valence-electron chi connectivity index (χ0n) is 11.8. The average Bonchev–Trinajstić information content (AvgIpc) is 1.79. The van der Waals surface area contributed by atoms with Gasteiger partial charge in [-0.05, 0) is 23.6 Å². The van der Waals surface area contributed by atoms with Gasteiger partial charge in [0.25, 0.3) is 0 Å². The Labute approximate surface area is 158 Å². The predicted octanol–water partition coefficient (Wildman–Crippen LogP) is -1.68. The molecule has 6 nitrogen and oxygen atoms in total. The fourth-order valence-electron chi connectivity index (χ4n) is 0. The van der Waals surface area contributed by atoms with E-state index < -0.39 is 13.4 Å². The summed E-state index contributed by atoms with van der Waals surface area (Å²) in [5.41, 5.74) is 0. The number of hydrogen-bond donors (Lipinski definition) is 6. The van der Waals surface area contributed by atoms with Crippen molar-refractivity contribution < 1.29 is 82.2 Å². The molecule has 6 N–H and O–H groups in total. The second-order valence-corrected chi connectivity index (χ2v) is 7.43. The average molecular weight is 356 g/mol. The second kappa shape index (κ2) is 21.0. The molecule has 0 aliphatic carbocycles. The minimum absolute atomic E-state index is 0. The molecule has 17 heavy (non-hydrogen) atoms. The topological polar surface area (TPSA) is 121 Å². The summed E-state index contributed by atoms with van der Waals surface area (Å²) in [5, 5.41) is 0. The molecule has 0 saturated heterocycles. The van der Waals surface area contributed by atoms with Crippen molar-refractivity contribution in [1.29, 1.82) is 0 Å². The molecule has 0 atom stereocenters. The Bertz CT molecular complexity index is 174. The molecule has 0 heterocycles. The molecule has 0 aromatic rings. The van der Waals surface area contributed by atoms with Crippen molar-refractivity contribution in [3.8, 4) is 0 Å². The summed E-state index contributed by atoms with van der Waals surface area (Å²) in [6, 6.07) is 0. The van der Waals surface area contributed by atoms with Gasteiger partial charge in [0, 0.05) is 0 Å². The van der Waals surface area contributed by atoms with Gasteiger partial charge in [-0.2, -0.15) is 0 Å². The third kappa shape index (κ3) is 717. The predicted molar refractivity (Wildman–Crippen MR) is 74.9 cm³/mol. The van der Waals surface area contributed by atoms with Crippen molar-refractivity contribution in [2.24, 2.45) is 0 Å². The molecule has 0 unspecified atom stereocenters. The molecule has 0 saturated carbocycles. The van der Waals surface area contributed by atoms with Gasteiger partial charge in [-0.25, -0.2) is 0 Å². The maximum absolute atomic E-state index is 7.56. The summed E-state index contributed by atoms with van der Waals surface area (Å²) in [6.07, 6.45) is 2.50. The first-order valence-corrected chi connectivity index (χ1v) is 9.71. The first kappa shape index (κ1) is 31.9. The van der Waals surface area contributed by atoms with Crippen LogP contribution in [-0.4, -0.2) is 29.4 Å². The van der Waals surface area contributed by atoms with Gasteiger partial charge >= 0.3 is 64.8 Å². The first-order valence-electron chi connectivity index (χ1n) is 4.39. The molecule has 0 rings (SSSR count). The van der Waals surface area contributed by atoms with Crippen molar-refractivity contribution in [3.63, 3.8) is 0 Å². The van der Waals surface area contributed by atoms with Crippen LogP contribution in [0.4, 0.5) is 0 Å². The Morgan fingerprint density at radius 2 is 0.706 bits per heavy atom. The van der Waals surface area contributed by atoms with E-state index in [1.54, 1.807) is 0 Å². The molecule has 0 aromatic heterocycles. The summed E-state index contributed by atoms with van der Waals surface area (Å²) in [6.45, 7) is 0.889. The largest absolute Gasteiger partial charge is 1.00 e. The van der Waals surface area contributed by atoms with E-state index >= 15 is 0 Å². The third-order valence-electron chi connectivity index (χ3n) is 0. The summed E-state index contributed by atoms with van der Waals surface area (Å²) >= 11 is 7.21. The summed E-state index contributed by atoms with van der Waals surface area (Å²) in [7, 11) is 0. The van der Waals surface area contributed by atoms with Crippen LogP contribution < -0.4 is 51.4 Å². The molecular formula is C6H23KO6P2S2. The van der Waals surface area contributed by atoms with Crippen molar-refractivity contribution in [1.82, 2.24) is 0 Å². The van der Waals surface area contributed by atoms with Crippen molar-refractivity contribution in [3.05, 3.63) is 0 Å². The Morgan fingerprint density at radius 3 is 0.706 bits per heavy atom. The molecule has 0 aliphatic rings. The van der Waals surface area contributed by atoms with E-state index in [0.717, 1.165) is 0 Å². The van der Waals surface area contributed by atoms with Gasteiger partial charge in [-0.15, -0.1) is 0 Å². The number of rotatable bonds is 0. The Hall–Kier alpha value is 2.70. The Kier molecular flexibility index (Phi) is 39.4.